The van der Waals surface area contributed by atoms with Gasteiger partial charge in [0.1, 0.15) is 17.0 Å². The van der Waals surface area contributed by atoms with E-state index in [0.717, 1.165) is 37.2 Å². The average Bonchev–Trinajstić information content (AvgIpc) is 2.68. The molecule has 2 heterocycles. The summed E-state index contributed by atoms with van der Waals surface area (Å²) < 4.78 is 13.0. The van der Waals surface area contributed by atoms with Gasteiger partial charge in [0.25, 0.3) is 0 Å². The molecule has 4 rings (SSSR count). The molecule has 2 aromatic carbocycles. The lowest BCUT2D eigenvalue weighted by molar-refractivity contribution is -0.169. The molecule has 0 aromatic heterocycles. The molecule has 0 aliphatic carbocycles. The van der Waals surface area contributed by atoms with E-state index >= 15 is 0 Å². The lowest BCUT2D eigenvalue weighted by Gasteiger charge is -2.50. The van der Waals surface area contributed by atoms with Crippen molar-refractivity contribution >= 4 is 0 Å². The molecular weight excluding hydrogens is 358 g/mol. The Labute approximate surface area is 175 Å². The van der Waals surface area contributed by atoms with Gasteiger partial charge < -0.3 is 9.47 Å². The predicted molar refractivity (Wildman–Crippen MR) is 117 cm³/mol. The summed E-state index contributed by atoms with van der Waals surface area (Å²) in [6.07, 6.45) is 2.01. The second-order valence-corrected chi connectivity index (χ2v) is 9.12. The van der Waals surface area contributed by atoms with E-state index in [-0.39, 0.29) is 11.7 Å². The minimum Gasteiger partial charge on any atom is -0.487 e. The van der Waals surface area contributed by atoms with Crippen LogP contribution < -0.4 is 4.74 Å². The number of rotatable bonds is 3. The monoisotopic (exact) mass is 389 g/mol. The van der Waals surface area contributed by atoms with Crippen molar-refractivity contribution in [2.75, 3.05) is 13.6 Å². The zero-order valence-corrected chi connectivity index (χ0v) is 17.9. The average molecular weight is 390 g/mol. The third-order valence-corrected chi connectivity index (χ3v) is 6.17. The van der Waals surface area contributed by atoms with E-state index in [9.17, 15) is 0 Å². The first-order valence-corrected chi connectivity index (χ1v) is 10.5. The number of benzene rings is 2. The van der Waals surface area contributed by atoms with E-state index in [4.69, 9.17) is 9.47 Å². The zero-order chi connectivity index (χ0) is 20.5. The van der Waals surface area contributed by atoms with E-state index in [1.807, 2.05) is 18.2 Å². The molecule has 0 unspecified atom stereocenters. The van der Waals surface area contributed by atoms with Crippen LogP contribution in [-0.4, -0.2) is 29.7 Å². The molecule has 2 aromatic rings. The van der Waals surface area contributed by atoms with Crippen molar-refractivity contribution in [2.24, 2.45) is 5.92 Å². The molecule has 3 heteroatoms. The lowest BCUT2D eigenvalue weighted by Crippen LogP contribution is -2.50. The maximum Gasteiger partial charge on any atom is 0.126 e. The summed E-state index contributed by atoms with van der Waals surface area (Å²) in [6.45, 7) is 8.12. The van der Waals surface area contributed by atoms with Crippen molar-refractivity contribution in [3.63, 3.8) is 0 Å². The fourth-order valence-electron chi connectivity index (χ4n) is 4.57. The Morgan fingerprint density at radius 3 is 2.55 bits per heavy atom. The highest BCUT2D eigenvalue weighted by atomic mass is 16.5. The van der Waals surface area contributed by atoms with Crippen LogP contribution in [0.4, 0.5) is 0 Å². The first-order valence-electron chi connectivity index (χ1n) is 10.5. The Morgan fingerprint density at radius 1 is 1.03 bits per heavy atom. The molecule has 1 fully saturated rings. The van der Waals surface area contributed by atoms with E-state index in [1.165, 1.54) is 5.56 Å². The van der Waals surface area contributed by atoms with Gasteiger partial charge in [0, 0.05) is 18.0 Å². The number of hydrogen-bond acceptors (Lipinski definition) is 3. The van der Waals surface area contributed by atoms with Gasteiger partial charge in [-0.25, -0.2) is 0 Å². The maximum atomic E-state index is 6.67. The van der Waals surface area contributed by atoms with Gasteiger partial charge in [0.05, 0.1) is 12.6 Å². The van der Waals surface area contributed by atoms with Gasteiger partial charge in [0.2, 0.25) is 0 Å². The molecule has 0 radical (unpaired) electrons. The normalized spacial score (nSPS) is 27.2. The Kier molecular flexibility index (Phi) is 5.42. The number of nitrogens with zero attached hydrogens (tertiary/aromatic N) is 1. The second-order valence-electron chi connectivity index (χ2n) is 9.12. The highest BCUT2D eigenvalue weighted by Crippen LogP contribution is 2.52. The standard InChI is InChI=1S/C26H31NO2/c1-25(2)22-15-17-26(3,29-24(22)21-13-8-9-14-23(21)28-25)16-10-18-27(4)19-20-11-6-5-7-12-20/h5-9,11-14,22,24H,15,17-19H2,1-4H3/t22-,24+,26+/m1/s1. The van der Waals surface area contributed by atoms with Gasteiger partial charge in [0.15, 0.2) is 0 Å². The van der Waals surface area contributed by atoms with Crippen LogP contribution in [0.2, 0.25) is 0 Å². The zero-order valence-electron chi connectivity index (χ0n) is 17.9. The predicted octanol–water partition coefficient (Wildman–Crippen LogP) is 5.22. The first-order chi connectivity index (χ1) is 13.9. The van der Waals surface area contributed by atoms with Crippen LogP contribution in [0, 0.1) is 17.8 Å². The molecule has 1 saturated heterocycles. The largest absolute Gasteiger partial charge is 0.487 e. The van der Waals surface area contributed by atoms with Crippen molar-refractivity contribution in [1.82, 2.24) is 4.90 Å². The van der Waals surface area contributed by atoms with Crippen LogP contribution in [0.1, 0.15) is 50.8 Å². The Bertz CT molecular complexity index is 911. The third kappa shape index (κ3) is 4.34. The number of para-hydroxylation sites is 1. The lowest BCUT2D eigenvalue weighted by atomic mass is 9.73. The molecule has 29 heavy (non-hydrogen) atoms. The SMILES string of the molecule is CN(CC#C[C@@]1(C)CC[C@@H]2[C@@H](O1)c1ccccc1OC2(C)C)Cc1ccccc1. The summed E-state index contributed by atoms with van der Waals surface area (Å²) in [5.41, 5.74) is 1.81. The van der Waals surface area contributed by atoms with Gasteiger partial charge in [-0.3, -0.25) is 4.90 Å². The summed E-state index contributed by atoms with van der Waals surface area (Å²) in [6, 6.07) is 18.8. The Morgan fingerprint density at radius 2 is 1.76 bits per heavy atom. The first kappa shape index (κ1) is 20.0. The summed E-state index contributed by atoms with van der Waals surface area (Å²) in [7, 11) is 2.11. The van der Waals surface area contributed by atoms with Crippen molar-refractivity contribution in [2.45, 2.75) is 57.5 Å². The highest BCUT2D eigenvalue weighted by Gasteiger charge is 2.49. The highest BCUT2D eigenvalue weighted by molar-refractivity contribution is 5.39. The molecule has 3 nitrogen and oxygen atoms in total. The quantitative estimate of drug-likeness (QED) is 0.672. The Hall–Kier alpha value is -2.28. The van der Waals surface area contributed by atoms with Crippen molar-refractivity contribution < 1.29 is 9.47 Å². The molecule has 0 amide bonds. The van der Waals surface area contributed by atoms with Crippen LogP contribution >= 0.6 is 0 Å². The molecule has 3 atom stereocenters. The van der Waals surface area contributed by atoms with Crippen molar-refractivity contribution in [3.05, 3.63) is 65.7 Å². The summed E-state index contributed by atoms with van der Waals surface area (Å²) in [5.74, 6) is 8.11. The topological polar surface area (TPSA) is 21.7 Å². The number of fused-ring (bicyclic) bond motifs is 3. The van der Waals surface area contributed by atoms with Gasteiger partial charge in [-0.15, -0.1) is 0 Å². The van der Waals surface area contributed by atoms with Crippen LogP contribution in [0.25, 0.3) is 0 Å². The Balaban J connectivity index is 1.46. The van der Waals surface area contributed by atoms with Crippen molar-refractivity contribution in [3.8, 4) is 17.6 Å². The van der Waals surface area contributed by atoms with Crippen LogP contribution in [0.3, 0.4) is 0 Å². The number of ether oxygens (including phenoxy) is 2. The summed E-state index contributed by atoms with van der Waals surface area (Å²) >= 11 is 0. The smallest absolute Gasteiger partial charge is 0.126 e. The van der Waals surface area contributed by atoms with Crippen LogP contribution in [0.5, 0.6) is 5.75 Å². The van der Waals surface area contributed by atoms with E-state index in [2.05, 4.69) is 81.0 Å². The second kappa shape index (κ2) is 7.86. The minimum atomic E-state index is -0.421. The molecule has 0 N–H and O–H groups in total. The van der Waals surface area contributed by atoms with Gasteiger partial charge in [-0.05, 0) is 52.3 Å². The van der Waals surface area contributed by atoms with E-state index < -0.39 is 5.60 Å². The summed E-state index contributed by atoms with van der Waals surface area (Å²) in [4.78, 5) is 2.24. The van der Waals surface area contributed by atoms with Crippen LogP contribution in [0.15, 0.2) is 54.6 Å². The van der Waals surface area contributed by atoms with Crippen molar-refractivity contribution in [1.29, 1.82) is 0 Å². The molecule has 0 saturated carbocycles. The molecule has 0 bridgehead atoms. The maximum absolute atomic E-state index is 6.67. The molecule has 0 spiro atoms. The molecular formula is C26H31NO2. The van der Waals surface area contributed by atoms with E-state index in [0.29, 0.717) is 5.92 Å². The van der Waals surface area contributed by atoms with Gasteiger partial charge in [-0.1, -0.05) is 60.4 Å². The minimum absolute atomic E-state index is 0.0325. The molecule has 2 aliphatic rings. The van der Waals surface area contributed by atoms with Gasteiger partial charge in [-0.2, -0.15) is 0 Å². The molecule has 2 aliphatic heterocycles. The third-order valence-electron chi connectivity index (χ3n) is 6.17. The fraction of sp³-hybridized carbons (Fsp3) is 0.462. The fourth-order valence-corrected chi connectivity index (χ4v) is 4.57. The van der Waals surface area contributed by atoms with Gasteiger partial charge >= 0.3 is 0 Å². The summed E-state index contributed by atoms with van der Waals surface area (Å²) in [5, 5.41) is 0. The van der Waals surface area contributed by atoms with E-state index in [1.54, 1.807) is 0 Å². The number of hydrogen-bond donors (Lipinski definition) is 0. The molecule has 152 valence electrons. The van der Waals surface area contributed by atoms with Crippen LogP contribution in [-0.2, 0) is 11.3 Å².